The van der Waals surface area contributed by atoms with Gasteiger partial charge in [0.25, 0.3) is 0 Å². The van der Waals surface area contributed by atoms with E-state index in [1.165, 1.54) is 20.4 Å². The number of hydrogen-bond donors (Lipinski definition) is 0. The number of halogens is 1. The summed E-state index contributed by atoms with van der Waals surface area (Å²) in [6, 6.07) is 0. The largest absolute Gasteiger partial charge is 3.00 e. The van der Waals surface area contributed by atoms with Gasteiger partial charge in [0.05, 0.1) is 0 Å². The smallest absolute Gasteiger partial charge is 0.822 e. The Kier molecular flexibility index (Phi) is 14.0. The van der Waals surface area contributed by atoms with E-state index in [-0.39, 0.29) is 21.5 Å². The predicted octanol–water partition coefficient (Wildman–Crippen LogP) is -2.23. The first kappa shape index (κ1) is 17.2. The van der Waals surface area contributed by atoms with E-state index in [9.17, 15) is 4.39 Å². The van der Waals surface area contributed by atoms with E-state index < -0.39 is 7.82 Å². The molecule has 0 radical (unpaired) electrons. The average Bonchev–Trinajstić information content (AvgIpc) is 1.19. The van der Waals surface area contributed by atoms with Crippen LogP contribution in [0.15, 0.2) is 10.7 Å². The van der Waals surface area contributed by atoms with E-state index >= 15 is 0 Å². The third-order valence-electron chi connectivity index (χ3n) is 0. The second-order valence-corrected chi connectivity index (χ2v) is 2.59. The molecule has 0 aliphatic heterocycles. The molecule has 0 amide bonds. The van der Waals surface area contributed by atoms with Gasteiger partial charge in [0.15, 0.2) is 0 Å². The maximum atomic E-state index is 10.8. The Bertz CT molecular complexity index is 123. The predicted molar refractivity (Wildman–Crippen MR) is 23.6 cm³/mol. The second-order valence-electron chi connectivity index (χ2n) is 0.852. The summed E-state index contributed by atoms with van der Waals surface area (Å²) >= 11 is 1.31. The zero-order chi connectivity index (χ0) is 8.08. The Balaban J connectivity index is -0.0000000910. The quantitative estimate of drug-likeness (QED) is 0.338. The summed E-state index contributed by atoms with van der Waals surface area (Å²) in [7, 11) is -5.39. The van der Waals surface area contributed by atoms with Crippen molar-refractivity contribution in [2.24, 2.45) is 0 Å². The molecule has 0 atom stereocenters. The number of hydrogen-bond acceptors (Lipinski definition) is 4. The van der Waals surface area contributed by atoms with Gasteiger partial charge < -0.3 is 19.2 Å². The number of rotatable bonds is 0. The molecule has 0 aromatic heterocycles. The van der Waals surface area contributed by atoms with Crippen LogP contribution in [0.5, 0.6) is 0 Å². The van der Waals surface area contributed by atoms with Crippen molar-refractivity contribution >= 4 is 25.2 Å². The zero-order valence-corrected chi connectivity index (χ0v) is 8.35. The standard InChI is InChI=1S/C2H2F.Al.H3O4P.Ti/c1-2-3;;1-5(2,3)4;/h1H2;;(H3,1,2,3,4);/q;+3;;/p-3. The molecule has 0 bridgehead atoms. The molecule has 4 nitrogen and oxygen atoms in total. The van der Waals surface area contributed by atoms with E-state index in [2.05, 4.69) is 6.58 Å². The first-order chi connectivity index (χ1) is 3.73. The molecule has 0 rings (SSSR count). The van der Waals surface area contributed by atoms with Gasteiger partial charge in [0, 0.05) is 0 Å². The van der Waals surface area contributed by atoms with Crippen LogP contribution in [0, 0.1) is 0 Å². The maximum absolute atomic E-state index is 10.8. The molecule has 0 N–H and O–H groups in total. The summed E-state index contributed by atoms with van der Waals surface area (Å²) in [5, 5.41) is 0. The summed E-state index contributed by atoms with van der Waals surface area (Å²) in [6.07, 6.45) is 0. The molecule has 0 saturated carbocycles. The number of phosphoric acid groups is 1. The third kappa shape index (κ3) is 552. The van der Waals surface area contributed by atoms with Crippen molar-refractivity contribution < 1.29 is 44.1 Å². The minimum Gasteiger partial charge on any atom is -0.822 e. The molecule has 0 unspecified atom stereocenters. The van der Waals surface area contributed by atoms with Crippen molar-refractivity contribution in [2.45, 2.75) is 0 Å². The van der Waals surface area contributed by atoms with Gasteiger partial charge in [-0.05, 0) is 0 Å². The molecular weight excluding hydrogens is 213 g/mol. The van der Waals surface area contributed by atoms with Gasteiger partial charge >= 0.3 is 52.9 Å². The van der Waals surface area contributed by atoms with Gasteiger partial charge in [0.2, 0.25) is 0 Å². The first-order valence-corrected chi connectivity index (χ1v) is 3.76. The Morgan fingerprint density at radius 3 is 1.50 bits per heavy atom. The summed E-state index contributed by atoms with van der Waals surface area (Å²) in [5.41, 5.74) is 0. The van der Waals surface area contributed by atoms with E-state index in [1.54, 1.807) is 0 Å². The van der Waals surface area contributed by atoms with Crippen molar-refractivity contribution in [2.75, 3.05) is 0 Å². The van der Waals surface area contributed by atoms with Crippen LogP contribution in [0.2, 0.25) is 0 Å². The summed E-state index contributed by atoms with van der Waals surface area (Å²) < 4.78 is 19.0. The van der Waals surface area contributed by atoms with Crippen LogP contribution in [0.3, 0.4) is 0 Å². The minimum absolute atomic E-state index is 0. The molecule has 0 spiro atoms. The summed E-state index contributed by atoms with van der Waals surface area (Å²) in [6.45, 7) is 2.89. The van der Waals surface area contributed by atoms with Crippen LogP contribution in [0.25, 0.3) is 0 Å². The second kappa shape index (κ2) is 8.13. The molecule has 0 aliphatic rings. The Hall–Kier alpha value is 1.03. The normalized spacial score (nSPS) is 8.30. The van der Waals surface area contributed by atoms with Crippen LogP contribution in [-0.4, -0.2) is 17.4 Å². The molecule has 10 heavy (non-hydrogen) atoms. The van der Waals surface area contributed by atoms with Gasteiger partial charge in [-0.2, -0.15) is 7.82 Å². The Labute approximate surface area is 79.9 Å². The summed E-state index contributed by atoms with van der Waals surface area (Å²) in [5.74, 6) is 0. The van der Waals surface area contributed by atoms with E-state index in [0.717, 1.165) is 0 Å². The van der Waals surface area contributed by atoms with Crippen LogP contribution in [0.1, 0.15) is 0 Å². The molecule has 0 heterocycles. The van der Waals surface area contributed by atoms with Crippen molar-refractivity contribution in [3.05, 3.63) is 10.7 Å². The fourth-order valence-electron chi connectivity index (χ4n) is 0. The van der Waals surface area contributed by atoms with Gasteiger partial charge in [-0.25, -0.2) is 0 Å². The minimum atomic E-state index is -5.39. The molecule has 53 valence electrons. The van der Waals surface area contributed by atoms with E-state index in [1.807, 2.05) is 0 Å². The van der Waals surface area contributed by atoms with Crippen molar-refractivity contribution in [1.29, 1.82) is 0 Å². The fourth-order valence-corrected chi connectivity index (χ4v) is 0. The van der Waals surface area contributed by atoms with Crippen LogP contribution >= 0.6 is 7.82 Å². The Morgan fingerprint density at radius 1 is 1.50 bits per heavy atom. The fraction of sp³-hybridized carbons (Fsp3) is 0. The molecule has 8 heteroatoms. The van der Waals surface area contributed by atoms with Crippen LogP contribution < -0.4 is 14.7 Å². The average molecular weight is 215 g/mol. The van der Waals surface area contributed by atoms with Crippen LogP contribution in [-0.2, 0) is 25.0 Å². The molecular formula is C2H2AlFO4PTi. The van der Waals surface area contributed by atoms with Crippen molar-refractivity contribution in [3.63, 3.8) is 0 Å². The maximum Gasteiger partial charge on any atom is 3.00 e. The molecule has 0 fully saturated rings. The Morgan fingerprint density at radius 2 is 1.50 bits per heavy atom. The first-order valence-electron chi connectivity index (χ1n) is 1.52. The van der Waals surface area contributed by atoms with Crippen molar-refractivity contribution in [3.8, 4) is 0 Å². The molecule has 0 saturated heterocycles. The molecule has 0 aromatic rings. The van der Waals surface area contributed by atoms with Crippen molar-refractivity contribution in [1.82, 2.24) is 0 Å². The summed E-state index contributed by atoms with van der Waals surface area (Å²) in [4.78, 5) is 25.6. The molecule has 0 aliphatic carbocycles. The van der Waals surface area contributed by atoms with Gasteiger partial charge in [-0.1, -0.05) is 0 Å². The SMILES string of the molecule is C=[C](F)[Ti].O=P([O-])([O-])[O-].[Al+3]. The van der Waals surface area contributed by atoms with Gasteiger partial charge in [-0.15, -0.1) is 0 Å². The topological polar surface area (TPSA) is 86.2 Å². The van der Waals surface area contributed by atoms with E-state index in [4.69, 9.17) is 19.2 Å². The van der Waals surface area contributed by atoms with Gasteiger partial charge in [-0.3, -0.25) is 0 Å². The van der Waals surface area contributed by atoms with Gasteiger partial charge in [0.1, 0.15) is 0 Å². The molecule has 0 aromatic carbocycles. The zero-order valence-electron chi connectivity index (χ0n) is 4.74. The monoisotopic (exact) mass is 215 g/mol. The van der Waals surface area contributed by atoms with E-state index in [0.29, 0.717) is 0 Å². The van der Waals surface area contributed by atoms with Crippen LogP contribution in [0.4, 0.5) is 4.39 Å². The third-order valence-corrected chi connectivity index (χ3v) is 0.